The number of ether oxygens (including phenoxy) is 9. The molecule has 0 radical (unpaired) electrons. The fraction of sp³-hybridized carbons (Fsp3) is 0.667. The van der Waals surface area contributed by atoms with Crippen molar-refractivity contribution in [2.24, 2.45) is 40.4 Å². The number of methoxy groups -OCH3 is 1. The minimum atomic E-state index is -1.88. The molecule has 5 fully saturated rings. The highest BCUT2D eigenvalue weighted by atomic mass is 16.8. The molecular weight excluding hydrogens is 967 g/mol. The molecule has 4 aliphatic carbocycles. The number of benzene rings is 2. The van der Waals surface area contributed by atoms with Gasteiger partial charge in [-0.15, -0.1) is 0 Å². The standard InChI is InChI=1S/C54H71NO19/c1-28(2)8-19-40(58)29(3)54(63)43(25-39-37-18-11-32-24-34(57)20-22-52(32,5)38(37)21-23-53(39,54)6)72-50-47(69-30(4)56)45(41(59)26-67-50)74-49-46(73-48(61)31-9-14-35(66-7)15-10-31)44(60)42(27-68-49)71-51(62)70-36-16-12-33(13-17-36)55(64)65/h9-17,28-29,34,37-39,41-47,49-50,57,59-60,63H,8,18-27H2,1-7H3/t29-,34+,37-,38?,39+,41?,42?,43+,44?,45?,46?,47?,49?,50?,52+,53+,54-/m1/s1. The van der Waals surface area contributed by atoms with Gasteiger partial charge in [0.05, 0.1) is 43.0 Å². The van der Waals surface area contributed by atoms with E-state index < -0.39 is 108 Å². The molecular formula is C54H71NO19. The Labute approximate surface area is 430 Å². The molecule has 3 saturated carbocycles. The van der Waals surface area contributed by atoms with E-state index in [1.807, 2.05) is 13.8 Å². The zero-order valence-corrected chi connectivity index (χ0v) is 43.0. The lowest BCUT2D eigenvalue weighted by Gasteiger charge is -2.59. The molecule has 4 N–H and O–H groups in total. The summed E-state index contributed by atoms with van der Waals surface area (Å²) in [5.41, 5.74) is -1.65. The molecule has 9 unspecified atom stereocenters. The van der Waals surface area contributed by atoms with Crippen LogP contribution in [0.4, 0.5) is 10.5 Å². The number of non-ortho nitro benzene ring substituents is 1. The molecule has 2 heterocycles. The summed E-state index contributed by atoms with van der Waals surface area (Å²) in [4.78, 5) is 64.6. The molecule has 20 nitrogen and oxygen atoms in total. The molecule has 20 heteroatoms. The Morgan fingerprint density at radius 2 is 1.51 bits per heavy atom. The molecule has 0 bridgehead atoms. The number of carbonyl (C=O) groups is 4. The van der Waals surface area contributed by atoms with Crippen molar-refractivity contribution in [1.82, 2.24) is 0 Å². The van der Waals surface area contributed by atoms with E-state index in [0.29, 0.717) is 37.9 Å². The fourth-order valence-electron chi connectivity index (χ4n) is 13.1. The van der Waals surface area contributed by atoms with Crippen LogP contribution >= 0.6 is 0 Å². The second kappa shape index (κ2) is 22.3. The van der Waals surface area contributed by atoms with Gasteiger partial charge >= 0.3 is 18.1 Å². The lowest BCUT2D eigenvalue weighted by atomic mass is 9.46. The molecule has 8 rings (SSSR count). The maximum absolute atomic E-state index is 14.3. The van der Waals surface area contributed by atoms with Gasteiger partial charge in [0, 0.05) is 36.8 Å². The number of fused-ring (bicyclic) bond motifs is 5. The van der Waals surface area contributed by atoms with Gasteiger partial charge < -0.3 is 63.1 Å². The van der Waals surface area contributed by atoms with Crippen LogP contribution in [0.25, 0.3) is 0 Å². The Kier molecular flexibility index (Phi) is 16.6. The number of carbonyl (C=O) groups excluding carboxylic acids is 4. The van der Waals surface area contributed by atoms with Crippen molar-refractivity contribution in [3.05, 3.63) is 75.9 Å². The number of hydrogen-bond donors (Lipinski definition) is 4. The van der Waals surface area contributed by atoms with E-state index in [-0.39, 0.29) is 64.4 Å². The van der Waals surface area contributed by atoms with Crippen molar-refractivity contribution >= 4 is 29.6 Å². The maximum Gasteiger partial charge on any atom is 0.514 e. The van der Waals surface area contributed by atoms with E-state index in [1.165, 1.54) is 49.1 Å². The summed E-state index contributed by atoms with van der Waals surface area (Å²) in [5.74, 6) is -1.96. The first-order valence-electron chi connectivity index (χ1n) is 25.8. The van der Waals surface area contributed by atoms with Gasteiger partial charge in [-0.05, 0) is 117 Å². The van der Waals surface area contributed by atoms with Gasteiger partial charge in [-0.2, -0.15) is 0 Å². The predicted octanol–water partition coefficient (Wildman–Crippen LogP) is 6.16. The van der Waals surface area contributed by atoms with E-state index >= 15 is 0 Å². The SMILES string of the molecule is COc1ccc(C(=O)OC2C(OC3C(O)COC(O[C@H]4C[C@H]5[C@@H]6CC=C7C[C@@H](O)CC[C@]7(C)C6CC[C@]5(C)[C@@]4(O)[C@H](C)C(=O)CCC(C)C)C3OC(C)=O)OCC(OC(=O)Oc3ccc([N+](=O)[O-])cc3)C2O)cc1. The molecule has 2 aromatic carbocycles. The summed E-state index contributed by atoms with van der Waals surface area (Å²) < 4.78 is 53.0. The Morgan fingerprint density at radius 1 is 0.838 bits per heavy atom. The second-order valence-corrected chi connectivity index (χ2v) is 21.9. The monoisotopic (exact) mass is 1040 g/mol. The number of nitro benzene ring substituents is 1. The molecule has 2 aliphatic heterocycles. The topological polar surface area (TPSA) is 275 Å². The number of allylic oxidation sites excluding steroid dienone is 1. The Morgan fingerprint density at radius 3 is 2.18 bits per heavy atom. The summed E-state index contributed by atoms with van der Waals surface area (Å²) in [6.07, 6.45) is -8.13. The average molecular weight is 1040 g/mol. The maximum atomic E-state index is 14.3. The number of aliphatic hydroxyl groups is 4. The third kappa shape index (κ3) is 10.8. The van der Waals surface area contributed by atoms with E-state index in [1.54, 1.807) is 6.92 Å². The van der Waals surface area contributed by atoms with Crippen molar-refractivity contribution in [3.8, 4) is 11.5 Å². The van der Waals surface area contributed by atoms with Gasteiger partial charge in [0.1, 0.15) is 41.2 Å². The first-order valence-corrected chi connectivity index (χ1v) is 25.8. The minimum Gasteiger partial charge on any atom is -0.497 e. The molecule has 2 saturated heterocycles. The lowest BCUT2D eigenvalue weighted by Crippen LogP contribution is -2.64. The molecule has 406 valence electrons. The van der Waals surface area contributed by atoms with Gasteiger partial charge in [-0.1, -0.05) is 46.3 Å². The molecule has 2 aromatic rings. The summed E-state index contributed by atoms with van der Waals surface area (Å²) in [7, 11) is 1.44. The predicted molar refractivity (Wildman–Crippen MR) is 259 cm³/mol. The van der Waals surface area contributed by atoms with Crippen LogP contribution in [-0.2, 0) is 42.7 Å². The first kappa shape index (κ1) is 55.2. The molecule has 6 aliphatic rings. The van der Waals surface area contributed by atoms with Crippen molar-refractivity contribution in [1.29, 1.82) is 0 Å². The largest absolute Gasteiger partial charge is 0.514 e. The van der Waals surface area contributed by atoms with E-state index in [2.05, 4.69) is 19.9 Å². The Hall–Kier alpha value is -5.06. The van der Waals surface area contributed by atoms with Gasteiger partial charge in [-0.3, -0.25) is 19.7 Å². The lowest BCUT2D eigenvalue weighted by molar-refractivity contribution is -0.384. The highest BCUT2D eigenvalue weighted by Gasteiger charge is 2.70. The van der Waals surface area contributed by atoms with E-state index in [9.17, 15) is 49.7 Å². The van der Waals surface area contributed by atoms with Crippen LogP contribution in [-0.4, -0.2) is 137 Å². The molecule has 17 atom stereocenters. The third-order valence-corrected chi connectivity index (χ3v) is 17.2. The number of ketones is 1. The highest BCUT2D eigenvalue weighted by Crippen LogP contribution is 2.69. The van der Waals surface area contributed by atoms with Gasteiger partial charge in [0.15, 0.2) is 30.9 Å². The number of hydrogen-bond acceptors (Lipinski definition) is 19. The van der Waals surface area contributed by atoms with Crippen LogP contribution in [0.5, 0.6) is 11.5 Å². The molecule has 0 aromatic heterocycles. The first-order chi connectivity index (χ1) is 35.1. The summed E-state index contributed by atoms with van der Waals surface area (Å²) in [6, 6.07) is 10.4. The molecule has 0 amide bonds. The van der Waals surface area contributed by atoms with Crippen LogP contribution in [0.2, 0.25) is 0 Å². The number of rotatable bonds is 16. The smallest absolute Gasteiger partial charge is 0.497 e. The third-order valence-electron chi connectivity index (χ3n) is 17.2. The van der Waals surface area contributed by atoms with E-state index in [4.69, 9.17) is 42.6 Å². The van der Waals surface area contributed by atoms with E-state index in [0.717, 1.165) is 38.3 Å². The van der Waals surface area contributed by atoms with Crippen LogP contribution in [0, 0.1) is 50.5 Å². The number of aliphatic hydroxyl groups excluding tert-OH is 3. The minimum absolute atomic E-state index is 0.0209. The molecule has 74 heavy (non-hydrogen) atoms. The average Bonchev–Trinajstić information content (AvgIpc) is 3.59. The van der Waals surface area contributed by atoms with Crippen molar-refractivity contribution < 1.29 is 87.2 Å². The summed E-state index contributed by atoms with van der Waals surface area (Å²) in [5, 5.41) is 58.8. The number of Topliss-reactive ketones (excluding diaryl/α,β-unsaturated/α-hetero) is 1. The fourth-order valence-corrected chi connectivity index (χ4v) is 13.1. The van der Waals surface area contributed by atoms with Gasteiger partial charge in [0.25, 0.3) is 5.69 Å². The zero-order valence-electron chi connectivity index (χ0n) is 43.0. The van der Waals surface area contributed by atoms with Crippen LogP contribution in [0.15, 0.2) is 60.2 Å². The summed E-state index contributed by atoms with van der Waals surface area (Å²) in [6.45, 7) is 10.3. The highest BCUT2D eigenvalue weighted by molar-refractivity contribution is 5.89. The van der Waals surface area contributed by atoms with Crippen molar-refractivity contribution in [2.45, 2.75) is 166 Å². The normalized spacial score (nSPS) is 37.0. The van der Waals surface area contributed by atoms with Gasteiger partial charge in [-0.25, -0.2) is 9.59 Å². The molecule has 0 spiro atoms. The number of esters is 2. The van der Waals surface area contributed by atoms with Gasteiger partial charge in [0.2, 0.25) is 0 Å². The number of nitro groups is 1. The zero-order chi connectivity index (χ0) is 53.4. The quantitative estimate of drug-likeness (QED) is 0.0366. The second-order valence-electron chi connectivity index (χ2n) is 21.9. The van der Waals surface area contributed by atoms with Crippen LogP contribution in [0.3, 0.4) is 0 Å². The Balaban J connectivity index is 1.07. The van der Waals surface area contributed by atoms with Crippen molar-refractivity contribution in [2.75, 3.05) is 20.3 Å². The number of nitrogens with zero attached hydrogens (tertiary/aromatic N) is 1. The van der Waals surface area contributed by atoms with Crippen LogP contribution in [0.1, 0.15) is 110 Å². The summed E-state index contributed by atoms with van der Waals surface area (Å²) >= 11 is 0. The van der Waals surface area contributed by atoms with Crippen LogP contribution < -0.4 is 9.47 Å². The van der Waals surface area contributed by atoms with Crippen molar-refractivity contribution in [3.63, 3.8) is 0 Å². The Bertz CT molecular complexity index is 2400.